The van der Waals surface area contributed by atoms with E-state index in [1.54, 1.807) is 11.8 Å². The second-order valence-electron chi connectivity index (χ2n) is 6.48. The molecular formula is C18H22O4S. The number of ketones is 3. The quantitative estimate of drug-likeness (QED) is 0.677. The first-order valence-electron chi connectivity index (χ1n) is 7.59. The number of rotatable bonds is 4. The largest absolute Gasteiger partial charge is 0.389 e. The van der Waals surface area contributed by atoms with Crippen LogP contribution in [0.5, 0.6) is 0 Å². The van der Waals surface area contributed by atoms with Gasteiger partial charge in [-0.3, -0.25) is 14.4 Å². The highest BCUT2D eigenvalue weighted by molar-refractivity contribution is 7.98. The molecule has 0 aromatic heterocycles. The van der Waals surface area contributed by atoms with Crippen LogP contribution in [-0.4, -0.2) is 34.3 Å². The van der Waals surface area contributed by atoms with E-state index in [1.807, 2.05) is 30.5 Å². The third-order valence-corrected chi connectivity index (χ3v) is 5.39. The fraction of sp³-hybridized carbons (Fsp3) is 0.500. The molecule has 124 valence electrons. The van der Waals surface area contributed by atoms with Gasteiger partial charge in [0.1, 0.15) is 17.3 Å². The van der Waals surface area contributed by atoms with Crippen LogP contribution >= 0.6 is 11.8 Å². The van der Waals surface area contributed by atoms with E-state index in [2.05, 4.69) is 0 Å². The number of benzene rings is 1. The molecule has 1 saturated carbocycles. The van der Waals surface area contributed by atoms with Crippen LogP contribution in [-0.2, 0) is 14.4 Å². The van der Waals surface area contributed by atoms with Crippen molar-refractivity contribution in [3.63, 3.8) is 0 Å². The van der Waals surface area contributed by atoms with Gasteiger partial charge in [-0.05, 0) is 44.7 Å². The maximum absolute atomic E-state index is 12.4. The topological polar surface area (TPSA) is 71.4 Å². The first-order valence-corrected chi connectivity index (χ1v) is 8.81. The molecule has 1 aliphatic rings. The van der Waals surface area contributed by atoms with Crippen LogP contribution in [0.4, 0.5) is 0 Å². The molecule has 0 amide bonds. The molecule has 1 aromatic carbocycles. The van der Waals surface area contributed by atoms with Crippen molar-refractivity contribution in [3.8, 4) is 0 Å². The van der Waals surface area contributed by atoms with Crippen LogP contribution in [0.3, 0.4) is 0 Å². The summed E-state index contributed by atoms with van der Waals surface area (Å²) in [6.07, 6.45) is 1.79. The Kier molecular flexibility index (Phi) is 5.11. The fourth-order valence-electron chi connectivity index (χ4n) is 3.73. The number of hydrogen-bond donors (Lipinski definition) is 1. The van der Waals surface area contributed by atoms with Crippen molar-refractivity contribution in [1.29, 1.82) is 0 Å². The van der Waals surface area contributed by atoms with E-state index in [-0.39, 0.29) is 23.8 Å². The van der Waals surface area contributed by atoms with Crippen LogP contribution in [0.2, 0.25) is 0 Å². The predicted molar refractivity (Wildman–Crippen MR) is 89.6 cm³/mol. The van der Waals surface area contributed by atoms with Gasteiger partial charge >= 0.3 is 0 Å². The Morgan fingerprint density at radius 1 is 1.17 bits per heavy atom. The zero-order valence-corrected chi connectivity index (χ0v) is 14.6. The SMILES string of the molecule is CSc1ccc([C@H]2[C@H](C(C)=O)C(=O)C[C@](C)(O)[C@H]2C(C)=O)cc1. The van der Waals surface area contributed by atoms with E-state index in [1.165, 1.54) is 20.8 Å². The molecule has 1 aliphatic carbocycles. The first kappa shape index (κ1) is 17.9. The Morgan fingerprint density at radius 3 is 2.17 bits per heavy atom. The van der Waals surface area contributed by atoms with Crippen molar-refractivity contribution in [3.05, 3.63) is 29.8 Å². The van der Waals surface area contributed by atoms with Gasteiger partial charge in [-0.25, -0.2) is 0 Å². The zero-order chi connectivity index (χ0) is 17.4. The van der Waals surface area contributed by atoms with E-state index in [0.717, 1.165) is 10.5 Å². The van der Waals surface area contributed by atoms with Gasteiger partial charge in [0.25, 0.3) is 0 Å². The van der Waals surface area contributed by atoms with Crippen LogP contribution < -0.4 is 0 Å². The van der Waals surface area contributed by atoms with E-state index >= 15 is 0 Å². The molecule has 4 nitrogen and oxygen atoms in total. The van der Waals surface area contributed by atoms with Gasteiger partial charge < -0.3 is 5.11 Å². The second kappa shape index (κ2) is 6.57. The lowest BCUT2D eigenvalue weighted by Gasteiger charge is -2.44. The first-order chi connectivity index (χ1) is 10.7. The lowest BCUT2D eigenvalue weighted by atomic mass is 9.60. The maximum atomic E-state index is 12.4. The third kappa shape index (κ3) is 3.40. The zero-order valence-electron chi connectivity index (χ0n) is 13.8. The molecule has 1 fully saturated rings. The third-order valence-electron chi connectivity index (χ3n) is 4.64. The Labute approximate surface area is 140 Å². The molecule has 0 spiro atoms. The minimum atomic E-state index is -1.43. The monoisotopic (exact) mass is 334 g/mol. The molecule has 4 atom stereocenters. The summed E-state index contributed by atoms with van der Waals surface area (Å²) in [5.74, 6) is -3.00. The minimum absolute atomic E-state index is 0.166. The summed E-state index contributed by atoms with van der Waals surface area (Å²) < 4.78 is 0. The van der Waals surface area contributed by atoms with Crippen LogP contribution in [0, 0.1) is 11.8 Å². The minimum Gasteiger partial charge on any atom is -0.389 e. The summed E-state index contributed by atoms with van der Waals surface area (Å²) in [5, 5.41) is 10.7. The van der Waals surface area contributed by atoms with Gasteiger partial charge in [-0.2, -0.15) is 0 Å². The highest BCUT2D eigenvalue weighted by atomic mass is 32.2. The molecule has 1 N–H and O–H groups in total. The summed E-state index contributed by atoms with van der Waals surface area (Å²) in [7, 11) is 0. The van der Waals surface area contributed by atoms with E-state index in [0.29, 0.717) is 0 Å². The smallest absolute Gasteiger partial charge is 0.146 e. The number of carbonyl (C=O) groups is 3. The van der Waals surface area contributed by atoms with Crippen molar-refractivity contribution >= 4 is 29.1 Å². The Morgan fingerprint density at radius 2 is 1.74 bits per heavy atom. The summed E-state index contributed by atoms with van der Waals surface area (Å²) in [5.41, 5.74) is -0.686. The molecule has 0 bridgehead atoms. The van der Waals surface area contributed by atoms with Gasteiger partial charge in [-0.1, -0.05) is 12.1 Å². The van der Waals surface area contributed by atoms with Crippen molar-refractivity contribution in [1.82, 2.24) is 0 Å². The van der Waals surface area contributed by atoms with Gasteiger partial charge in [0.05, 0.1) is 17.4 Å². The average Bonchev–Trinajstić information content (AvgIpc) is 2.44. The molecule has 23 heavy (non-hydrogen) atoms. The Balaban J connectivity index is 2.58. The summed E-state index contributed by atoms with van der Waals surface area (Å²) in [6.45, 7) is 4.30. The summed E-state index contributed by atoms with van der Waals surface area (Å²) >= 11 is 1.59. The lowest BCUT2D eigenvalue weighted by Crippen LogP contribution is -2.53. The number of aliphatic hydroxyl groups is 1. The van der Waals surface area contributed by atoms with Gasteiger partial charge in [-0.15, -0.1) is 11.8 Å². The summed E-state index contributed by atoms with van der Waals surface area (Å²) in [4.78, 5) is 37.8. The second-order valence-corrected chi connectivity index (χ2v) is 7.36. The Bertz CT molecular complexity index is 633. The highest BCUT2D eigenvalue weighted by Gasteiger charge is 2.53. The molecule has 0 saturated heterocycles. The van der Waals surface area contributed by atoms with Crippen molar-refractivity contribution in [2.45, 2.75) is 43.6 Å². The predicted octanol–water partition coefficient (Wildman–Crippen LogP) is 2.63. The van der Waals surface area contributed by atoms with Crippen molar-refractivity contribution < 1.29 is 19.5 Å². The molecule has 0 unspecified atom stereocenters. The molecule has 0 aliphatic heterocycles. The molecular weight excluding hydrogens is 312 g/mol. The van der Waals surface area contributed by atoms with Gasteiger partial charge in [0, 0.05) is 17.2 Å². The normalized spacial score (nSPS) is 31.0. The average molecular weight is 334 g/mol. The summed E-state index contributed by atoms with van der Waals surface area (Å²) in [6, 6.07) is 7.50. The molecule has 2 rings (SSSR count). The number of thioether (sulfide) groups is 1. The fourth-order valence-corrected chi connectivity index (χ4v) is 4.14. The molecule has 0 radical (unpaired) electrons. The van der Waals surface area contributed by atoms with Gasteiger partial charge in [0.15, 0.2) is 0 Å². The standard InChI is InChI=1S/C18H22O4S/c1-10(19)15-14(21)9-18(3,22)17(11(2)20)16(15)12-5-7-13(23-4)8-6-12/h5-8,15-17,22H,9H2,1-4H3/t15-,16+,17+,18+/m1/s1. The van der Waals surface area contributed by atoms with Crippen LogP contribution in [0.15, 0.2) is 29.2 Å². The van der Waals surface area contributed by atoms with E-state index in [4.69, 9.17) is 0 Å². The van der Waals surface area contributed by atoms with E-state index in [9.17, 15) is 19.5 Å². The molecule has 0 heterocycles. The number of Topliss-reactive ketones (excluding diaryl/α,β-unsaturated/α-hetero) is 3. The maximum Gasteiger partial charge on any atom is 0.146 e. The van der Waals surface area contributed by atoms with Gasteiger partial charge in [0.2, 0.25) is 0 Å². The van der Waals surface area contributed by atoms with Crippen molar-refractivity contribution in [2.75, 3.05) is 6.26 Å². The number of carbonyl (C=O) groups excluding carboxylic acids is 3. The lowest BCUT2D eigenvalue weighted by molar-refractivity contribution is -0.151. The van der Waals surface area contributed by atoms with Crippen LogP contribution in [0.25, 0.3) is 0 Å². The van der Waals surface area contributed by atoms with E-state index < -0.39 is 23.4 Å². The number of hydrogen-bond acceptors (Lipinski definition) is 5. The molecule has 5 heteroatoms. The molecule has 1 aromatic rings. The van der Waals surface area contributed by atoms with Crippen LogP contribution in [0.1, 0.15) is 38.7 Å². The Hall–Kier alpha value is -1.46. The highest BCUT2D eigenvalue weighted by Crippen LogP contribution is 2.46. The van der Waals surface area contributed by atoms with Crippen molar-refractivity contribution in [2.24, 2.45) is 11.8 Å².